The van der Waals surface area contributed by atoms with E-state index in [0.717, 1.165) is 15.4 Å². The van der Waals surface area contributed by atoms with Crippen molar-refractivity contribution in [3.05, 3.63) is 129 Å². The van der Waals surface area contributed by atoms with Crippen LogP contribution in [0.5, 0.6) is 0 Å². The van der Waals surface area contributed by atoms with Crippen molar-refractivity contribution < 1.29 is 18.0 Å². The van der Waals surface area contributed by atoms with Crippen molar-refractivity contribution in [2.75, 3.05) is 10.8 Å². The Morgan fingerprint density at radius 1 is 0.826 bits per heavy atom. The van der Waals surface area contributed by atoms with Crippen LogP contribution in [0.1, 0.15) is 37.0 Å². The number of carbonyl (C=O) groups is 2. The molecule has 4 aromatic carbocycles. The average molecular weight is 701 g/mol. The predicted molar refractivity (Wildman–Crippen MR) is 186 cm³/mol. The van der Waals surface area contributed by atoms with Crippen LogP contribution < -0.4 is 9.62 Å². The van der Waals surface area contributed by atoms with E-state index in [1.54, 1.807) is 54.6 Å². The Morgan fingerprint density at radius 3 is 2.09 bits per heavy atom. The number of sulfonamides is 1. The minimum atomic E-state index is -4.22. The summed E-state index contributed by atoms with van der Waals surface area (Å²) in [6.07, 6.45) is 0.880. The molecule has 0 radical (unpaired) electrons. The first-order valence-electron chi connectivity index (χ1n) is 14.8. The Kier molecular flexibility index (Phi) is 12.1. The smallest absolute Gasteiger partial charge is 0.264 e. The van der Waals surface area contributed by atoms with Gasteiger partial charge < -0.3 is 10.2 Å². The number of benzene rings is 4. The highest BCUT2D eigenvalue weighted by molar-refractivity contribution is 7.92. The lowest BCUT2D eigenvalue weighted by Gasteiger charge is -2.34. The molecule has 2 unspecified atom stereocenters. The molecule has 0 aliphatic rings. The molecule has 4 rings (SSSR count). The van der Waals surface area contributed by atoms with Crippen molar-refractivity contribution in [3.8, 4) is 0 Å². The molecule has 0 spiro atoms. The monoisotopic (exact) mass is 699 g/mol. The molecule has 0 heterocycles. The third kappa shape index (κ3) is 9.04. The van der Waals surface area contributed by atoms with E-state index in [1.165, 1.54) is 17.0 Å². The van der Waals surface area contributed by atoms with Crippen molar-refractivity contribution >= 4 is 62.3 Å². The van der Waals surface area contributed by atoms with Crippen molar-refractivity contribution in [1.82, 2.24) is 10.2 Å². The number of hydrogen-bond donors (Lipinski definition) is 1. The fourth-order valence-electron chi connectivity index (χ4n) is 4.80. The number of carbonyl (C=O) groups excluding carboxylic acids is 2. The van der Waals surface area contributed by atoms with E-state index >= 15 is 0 Å². The second-order valence-corrected chi connectivity index (χ2v) is 14.2. The van der Waals surface area contributed by atoms with E-state index in [9.17, 15) is 18.0 Å². The Labute approximate surface area is 286 Å². The van der Waals surface area contributed by atoms with Crippen LogP contribution in [0.15, 0.2) is 102 Å². The molecule has 0 aliphatic heterocycles. The van der Waals surface area contributed by atoms with Crippen LogP contribution in [-0.4, -0.2) is 43.8 Å². The second-order valence-electron chi connectivity index (χ2n) is 11.1. The van der Waals surface area contributed by atoms with Crippen molar-refractivity contribution in [2.45, 2.75) is 57.1 Å². The number of anilines is 1. The summed E-state index contributed by atoms with van der Waals surface area (Å²) >= 11 is 18.7. The van der Waals surface area contributed by atoms with Gasteiger partial charge in [-0.25, -0.2) is 8.42 Å². The van der Waals surface area contributed by atoms with Crippen molar-refractivity contribution in [3.63, 3.8) is 0 Å². The largest absolute Gasteiger partial charge is 0.352 e. The molecule has 7 nitrogen and oxygen atoms in total. The summed E-state index contributed by atoms with van der Waals surface area (Å²) < 4.78 is 29.3. The highest BCUT2D eigenvalue weighted by Crippen LogP contribution is 2.28. The molecular formula is C35H36Cl3N3O4S. The highest BCUT2D eigenvalue weighted by Gasteiger charge is 2.35. The van der Waals surface area contributed by atoms with Gasteiger partial charge >= 0.3 is 0 Å². The SMILES string of the molecule is CCC(C)NC(=O)C(Cc1ccccc1)N(Cc1ccc(Cl)c(Cl)c1)C(=O)CN(c1ccc(Cl)cc1)S(=O)(=O)c1ccc(C)cc1. The van der Waals surface area contributed by atoms with Crippen LogP contribution in [0.4, 0.5) is 5.69 Å². The van der Waals surface area contributed by atoms with Gasteiger partial charge in [0.25, 0.3) is 10.0 Å². The molecule has 242 valence electrons. The predicted octanol–water partition coefficient (Wildman–Crippen LogP) is 7.71. The Bertz CT molecular complexity index is 1750. The highest BCUT2D eigenvalue weighted by atomic mass is 35.5. The van der Waals surface area contributed by atoms with Crippen LogP contribution in [0.2, 0.25) is 15.1 Å². The summed E-state index contributed by atoms with van der Waals surface area (Å²) in [6.45, 7) is 5.09. The van der Waals surface area contributed by atoms with Gasteiger partial charge in [0.2, 0.25) is 11.8 Å². The Balaban J connectivity index is 1.82. The summed E-state index contributed by atoms with van der Waals surface area (Å²) in [5, 5.41) is 4.06. The molecule has 0 bridgehead atoms. The molecule has 2 amide bonds. The van der Waals surface area contributed by atoms with Crippen LogP contribution in [0.3, 0.4) is 0 Å². The summed E-state index contributed by atoms with van der Waals surface area (Å²) in [6, 6.07) is 25.8. The zero-order valence-electron chi connectivity index (χ0n) is 25.8. The standard InChI is InChI=1S/C35H36Cl3N3O4S/c1-4-25(3)39-35(43)33(21-26-8-6-5-7-9-26)40(22-27-12-19-31(37)32(38)20-27)34(42)23-41(29-15-13-28(36)14-16-29)46(44,45)30-17-10-24(2)11-18-30/h5-20,25,33H,4,21-23H2,1-3H3,(H,39,43). The lowest BCUT2D eigenvalue weighted by molar-refractivity contribution is -0.140. The van der Waals surface area contributed by atoms with Crippen LogP contribution in [0, 0.1) is 6.92 Å². The number of halogens is 3. The van der Waals surface area contributed by atoms with E-state index in [0.29, 0.717) is 27.1 Å². The molecule has 46 heavy (non-hydrogen) atoms. The number of rotatable bonds is 13. The normalized spacial score (nSPS) is 12.7. The molecule has 2 atom stereocenters. The number of nitrogens with zero attached hydrogens (tertiary/aromatic N) is 2. The first kappa shape index (κ1) is 35.3. The first-order valence-corrected chi connectivity index (χ1v) is 17.4. The maximum atomic E-state index is 14.5. The topological polar surface area (TPSA) is 86.8 Å². The van der Waals surface area contributed by atoms with Gasteiger partial charge in [-0.3, -0.25) is 13.9 Å². The van der Waals surface area contributed by atoms with E-state index in [2.05, 4.69) is 5.32 Å². The van der Waals surface area contributed by atoms with Crippen molar-refractivity contribution in [1.29, 1.82) is 0 Å². The van der Waals surface area contributed by atoms with Crippen LogP contribution in [-0.2, 0) is 32.6 Å². The number of nitrogens with one attached hydrogen (secondary N) is 1. The molecule has 0 saturated carbocycles. The van der Waals surface area contributed by atoms with Gasteiger partial charge in [-0.05, 0) is 79.9 Å². The molecular weight excluding hydrogens is 665 g/mol. The zero-order chi connectivity index (χ0) is 33.4. The molecule has 0 aromatic heterocycles. The Hall–Kier alpha value is -3.56. The third-order valence-electron chi connectivity index (χ3n) is 7.61. The summed E-state index contributed by atoms with van der Waals surface area (Å²) in [4.78, 5) is 29.9. The van der Waals surface area contributed by atoms with Gasteiger partial charge in [-0.1, -0.05) is 95.8 Å². The zero-order valence-corrected chi connectivity index (χ0v) is 28.9. The van der Waals surface area contributed by atoms with Gasteiger partial charge in [-0.2, -0.15) is 0 Å². The summed E-state index contributed by atoms with van der Waals surface area (Å²) in [5.74, 6) is -0.942. The van der Waals surface area contributed by atoms with Crippen LogP contribution >= 0.6 is 34.8 Å². The first-order chi connectivity index (χ1) is 21.9. The molecule has 0 fully saturated rings. The third-order valence-corrected chi connectivity index (χ3v) is 10.4. The second kappa shape index (κ2) is 15.8. The number of aryl methyl sites for hydroxylation is 1. The van der Waals surface area contributed by atoms with Crippen molar-refractivity contribution in [2.24, 2.45) is 0 Å². The van der Waals surface area contributed by atoms with Gasteiger partial charge in [0, 0.05) is 24.0 Å². The minimum Gasteiger partial charge on any atom is -0.352 e. The minimum absolute atomic E-state index is 0.0206. The molecule has 4 aromatic rings. The summed E-state index contributed by atoms with van der Waals surface area (Å²) in [7, 11) is -4.22. The molecule has 11 heteroatoms. The number of hydrogen-bond acceptors (Lipinski definition) is 4. The fraction of sp³-hybridized carbons (Fsp3) is 0.257. The van der Waals surface area contributed by atoms with Gasteiger partial charge in [0.05, 0.1) is 20.6 Å². The van der Waals surface area contributed by atoms with Crippen LogP contribution in [0.25, 0.3) is 0 Å². The quantitative estimate of drug-likeness (QED) is 0.155. The molecule has 0 aliphatic carbocycles. The maximum absolute atomic E-state index is 14.5. The maximum Gasteiger partial charge on any atom is 0.264 e. The molecule has 1 N–H and O–H groups in total. The van der Waals surface area contributed by atoms with E-state index in [-0.39, 0.29) is 35.5 Å². The average Bonchev–Trinajstić information content (AvgIpc) is 3.04. The Morgan fingerprint density at radius 2 is 1.48 bits per heavy atom. The van der Waals surface area contributed by atoms with E-state index in [1.807, 2.05) is 51.1 Å². The van der Waals surface area contributed by atoms with Gasteiger partial charge in [-0.15, -0.1) is 0 Å². The molecule has 0 saturated heterocycles. The number of amides is 2. The van der Waals surface area contributed by atoms with Gasteiger partial charge in [0.1, 0.15) is 12.6 Å². The lowest BCUT2D eigenvalue weighted by atomic mass is 10.0. The lowest BCUT2D eigenvalue weighted by Crippen LogP contribution is -2.54. The van der Waals surface area contributed by atoms with E-state index < -0.39 is 28.5 Å². The van der Waals surface area contributed by atoms with Gasteiger partial charge in [0.15, 0.2) is 0 Å². The summed E-state index contributed by atoms with van der Waals surface area (Å²) in [5.41, 5.74) is 2.59. The fourth-order valence-corrected chi connectivity index (χ4v) is 6.66. The van der Waals surface area contributed by atoms with E-state index in [4.69, 9.17) is 34.8 Å².